The Morgan fingerprint density at radius 3 is 2.36 bits per heavy atom. The fourth-order valence-corrected chi connectivity index (χ4v) is 5.53. The van der Waals surface area contributed by atoms with E-state index in [1.807, 2.05) is 0 Å². The van der Waals surface area contributed by atoms with Crippen LogP contribution >= 0.6 is 11.6 Å². The molecule has 0 unspecified atom stereocenters. The van der Waals surface area contributed by atoms with Crippen LogP contribution in [0, 0.1) is 0 Å². The number of methoxy groups -OCH3 is 1. The number of aliphatic hydroxyl groups excluding tert-OH is 1. The summed E-state index contributed by atoms with van der Waals surface area (Å²) in [4.78, 5) is 24.4. The molecule has 0 aromatic heterocycles. The van der Waals surface area contributed by atoms with Gasteiger partial charge in [0.1, 0.15) is 5.75 Å². The molecule has 0 saturated heterocycles. The van der Waals surface area contributed by atoms with E-state index in [0.717, 1.165) is 4.90 Å². The van der Waals surface area contributed by atoms with E-state index in [-0.39, 0.29) is 34.1 Å². The highest BCUT2D eigenvalue weighted by atomic mass is 35.5. The molecule has 0 aliphatic rings. The fourth-order valence-electron chi connectivity index (χ4n) is 3.89. The molecule has 2 atom stereocenters. The Morgan fingerprint density at radius 1 is 1.11 bits per heavy atom. The van der Waals surface area contributed by atoms with Gasteiger partial charge in [-0.25, -0.2) is 13.2 Å². The zero-order chi connectivity index (χ0) is 26.5. The predicted octanol–water partition coefficient (Wildman–Crippen LogP) is 4.64. The summed E-state index contributed by atoms with van der Waals surface area (Å²) in [5.41, 5.74) is 1.14. The number of halogens is 1. The van der Waals surface area contributed by atoms with Gasteiger partial charge in [-0.15, -0.1) is 0 Å². The van der Waals surface area contributed by atoms with Crippen LogP contribution in [0.15, 0.2) is 76.5 Å². The van der Waals surface area contributed by atoms with Crippen LogP contribution in [0.3, 0.4) is 0 Å². The van der Waals surface area contributed by atoms with Gasteiger partial charge in [-0.05, 0) is 60.9 Å². The Morgan fingerprint density at radius 2 is 1.78 bits per heavy atom. The molecular formula is C26H26ClNO7S. The number of nitrogens with zero attached hydrogens (tertiary/aromatic N) is 1. The third-order valence-electron chi connectivity index (χ3n) is 5.80. The molecule has 8 nitrogen and oxygen atoms in total. The van der Waals surface area contributed by atoms with Crippen LogP contribution < -0.4 is 4.74 Å². The van der Waals surface area contributed by atoms with Gasteiger partial charge in [0.15, 0.2) is 6.29 Å². The summed E-state index contributed by atoms with van der Waals surface area (Å²) in [7, 11) is -2.65. The molecule has 0 radical (unpaired) electrons. The molecule has 3 aromatic rings. The molecule has 3 aromatic carbocycles. The lowest BCUT2D eigenvalue weighted by molar-refractivity contribution is 0.0799. The van der Waals surface area contributed by atoms with Gasteiger partial charge in [0.05, 0.1) is 35.1 Å². The third-order valence-corrected chi connectivity index (χ3v) is 7.86. The van der Waals surface area contributed by atoms with Crippen LogP contribution in [0.25, 0.3) is 0 Å². The van der Waals surface area contributed by atoms with Crippen molar-refractivity contribution in [1.82, 2.24) is 4.90 Å². The summed E-state index contributed by atoms with van der Waals surface area (Å²) < 4.78 is 31.4. The normalized spacial score (nSPS) is 13.0. The van der Waals surface area contributed by atoms with E-state index >= 15 is 0 Å². The highest BCUT2D eigenvalue weighted by molar-refractivity contribution is 7.91. The number of hydrogen-bond acceptors (Lipinski definition) is 6. The molecule has 0 bridgehead atoms. The SMILES string of the molecule is COc1cccc(S(=O)(=O)c2ccc(C[C@@H](C)N(C[C@@H](O)c3cccc(Cl)c3)C(=O)O)cc2)c1C=O. The lowest BCUT2D eigenvalue weighted by Gasteiger charge is -2.29. The van der Waals surface area contributed by atoms with Crippen molar-refractivity contribution in [2.75, 3.05) is 13.7 Å². The largest absolute Gasteiger partial charge is 0.496 e. The number of ether oxygens (including phenoxy) is 1. The molecule has 0 fully saturated rings. The summed E-state index contributed by atoms with van der Waals surface area (Å²) >= 11 is 5.97. The van der Waals surface area contributed by atoms with Gasteiger partial charge in [0.2, 0.25) is 9.84 Å². The van der Waals surface area contributed by atoms with E-state index in [1.165, 1.54) is 37.4 Å². The average molecular weight is 532 g/mol. The van der Waals surface area contributed by atoms with Crippen LogP contribution in [0.1, 0.15) is 34.5 Å². The number of hydrogen-bond donors (Lipinski definition) is 2. The first-order valence-electron chi connectivity index (χ1n) is 11.0. The molecule has 0 saturated carbocycles. The number of carbonyl (C=O) groups excluding carboxylic acids is 1. The van der Waals surface area contributed by atoms with Crippen LogP contribution in [-0.4, -0.2) is 55.6 Å². The maximum Gasteiger partial charge on any atom is 0.407 e. The molecule has 2 N–H and O–H groups in total. The maximum absolute atomic E-state index is 13.2. The molecule has 0 aliphatic heterocycles. The van der Waals surface area contributed by atoms with Gasteiger partial charge < -0.3 is 19.8 Å². The minimum absolute atomic E-state index is 0.0123. The first kappa shape index (κ1) is 27.2. The smallest absolute Gasteiger partial charge is 0.407 e. The Balaban J connectivity index is 1.78. The monoisotopic (exact) mass is 531 g/mol. The Bertz CT molecular complexity index is 1340. The molecule has 1 amide bonds. The summed E-state index contributed by atoms with van der Waals surface area (Å²) in [6, 6.07) is 16.4. The van der Waals surface area contributed by atoms with E-state index < -0.39 is 28.1 Å². The van der Waals surface area contributed by atoms with Crippen molar-refractivity contribution in [3.8, 4) is 5.75 Å². The molecule has 0 aliphatic carbocycles. The summed E-state index contributed by atoms with van der Waals surface area (Å²) in [5.74, 6) is 0.158. The lowest BCUT2D eigenvalue weighted by Crippen LogP contribution is -2.41. The number of carboxylic acid groups (broad SMARTS) is 1. The topological polar surface area (TPSA) is 121 Å². The van der Waals surface area contributed by atoms with E-state index in [4.69, 9.17) is 16.3 Å². The summed E-state index contributed by atoms with van der Waals surface area (Å²) in [6.07, 6.45) is -1.53. The summed E-state index contributed by atoms with van der Waals surface area (Å²) in [6.45, 7) is 1.55. The molecule has 190 valence electrons. The van der Waals surface area contributed by atoms with Crippen molar-refractivity contribution >= 4 is 33.8 Å². The number of aldehydes is 1. The van der Waals surface area contributed by atoms with Crippen molar-refractivity contribution in [3.63, 3.8) is 0 Å². The first-order chi connectivity index (χ1) is 17.1. The number of sulfone groups is 1. The molecule has 0 heterocycles. The van der Waals surface area contributed by atoms with Gasteiger partial charge >= 0.3 is 6.09 Å². The Hall–Kier alpha value is -3.40. The van der Waals surface area contributed by atoms with Crippen molar-refractivity contribution in [2.24, 2.45) is 0 Å². The van der Waals surface area contributed by atoms with E-state index in [1.54, 1.807) is 43.3 Å². The lowest BCUT2D eigenvalue weighted by atomic mass is 10.0. The van der Waals surface area contributed by atoms with Gasteiger partial charge in [-0.1, -0.05) is 41.9 Å². The second-order valence-corrected chi connectivity index (χ2v) is 10.6. The van der Waals surface area contributed by atoms with Crippen molar-refractivity contribution in [1.29, 1.82) is 0 Å². The molecular weight excluding hydrogens is 506 g/mol. The third kappa shape index (κ3) is 6.04. The number of carbonyl (C=O) groups is 2. The Kier molecular flexibility index (Phi) is 8.73. The second-order valence-electron chi connectivity index (χ2n) is 8.20. The van der Waals surface area contributed by atoms with Gasteiger partial charge in [0.25, 0.3) is 0 Å². The van der Waals surface area contributed by atoms with Gasteiger partial charge in [-0.3, -0.25) is 4.79 Å². The van der Waals surface area contributed by atoms with Crippen LogP contribution in [0.2, 0.25) is 5.02 Å². The predicted molar refractivity (Wildman–Crippen MR) is 135 cm³/mol. The van der Waals surface area contributed by atoms with Crippen molar-refractivity contribution < 1.29 is 33.0 Å². The Labute approximate surface area is 214 Å². The van der Waals surface area contributed by atoms with E-state index in [0.29, 0.717) is 22.4 Å². The molecule has 0 spiro atoms. The molecule has 3 rings (SSSR count). The van der Waals surface area contributed by atoms with E-state index in [2.05, 4.69) is 0 Å². The van der Waals surface area contributed by atoms with Crippen molar-refractivity contribution in [2.45, 2.75) is 35.3 Å². The number of benzene rings is 3. The summed E-state index contributed by atoms with van der Waals surface area (Å²) in [5, 5.41) is 20.7. The standard InChI is InChI=1S/C26H26ClNO7S/c1-17(28(26(31)32)15-23(30)19-5-3-6-20(27)14-19)13-18-9-11-21(12-10-18)36(33,34)25-8-4-7-24(35-2)22(25)16-29/h3-12,14,16-17,23,30H,13,15H2,1-2H3,(H,31,32)/t17-,23-/m1/s1. The number of amides is 1. The minimum Gasteiger partial charge on any atom is -0.496 e. The second kappa shape index (κ2) is 11.6. The number of rotatable bonds is 10. The minimum atomic E-state index is -4.00. The van der Waals surface area contributed by atoms with Gasteiger partial charge in [0, 0.05) is 11.1 Å². The highest BCUT2D eigenvalue weighted by Crippen LogP contribution is 2.29. The first-order valence-corrected chi connectivity index (χ1v) is 12.8. The maximum atomic E-state index is 13.2. The molecule has 10 heteroatoms. The fraction of sp³-hybridized carbons (Fsp3) is 0.231. The zero-order valence-corrected chi connectivity index (χ0v) is 21.2. The molecule has 36 heavy (non-hydrogen) atoms. The van der Waals surface area contributed by atoms with Crippen LogP contribution in [0.4, 0.5) is 4.79 Å². The highest BCUT2D eigenvalue weighted by Gasteiger charge is 2.25. The average Bonchev–Trinajstić information content (AvgIpc) is 2.86. The van der Waals surface area contributed by atoms with Gasteiger partial charge in [-0.2, -0.15) is 0 Å². The quantitative estimate of drug-likeness (QED) is 0.365. The van der Waals surface area contributed by atoms with Crippen LogP contribution in [0.5, 0.6) is 5.75 Å². The van der Waals surface area contributed by atoms with Crippen LogP contribution in [-0.2, 0) is 16.3 Å². The van der Waals surface area contributed by atoms with E-state index in [9.17, 15) is 28.2 Å². The zero-order valence-electron chi connectivity index (χ0n) is 19.7. The number of aliphatic hydroxyl groups is 1. The van der Waals surface area contributed by atoms with Crippen molar-refractivity contribution in [3.05, 3.63) is 88.4 Å².